The summed E-state index contributed by atoms with van der Waals surface area (Å²) in [5.41, 5.74) is 1.72. The highest BCUT2D eigenvalue weighted by atomic mass is 16.3. The van der Waals surface area contributed by atoms with Crippen molar-refractivity contribution in [1.29, 1.82) is 0 Å². The van der Waals surface area contributed by atoms with Crippen molar-refractivity contribution in [1.82, 2.24) is 9.97 Å². The number of aliphatic hydroxyl groups excluding tert-OH is 1. The first-order valence-corrected chi connectivity index (χ1v) is 6.33. The molecule has 1 aliphatic rings. The highest BCUT2D eigenvalue weighted by Gasteiger charge is 2.24. The third-order valence-corrected chi connectivity index (χ3v) is 3.53. The SMILES string of the molecule is CC(C)c1ncc(N(C)C2CCC2)c(CO)n1. The largest absolute Gasteiger partial charge is 0.390 e. The number of anilines is 1. The summed E-state index contributed by atoms with van der Waals surface area (Å²) in [6.45, 7) is 4.10. The predicted octanol–water partition coefficient (Wildman–Crippen LogP) is 2.08. The summed E-state index contributed by atoms with van der Waals surface area (Å²) in [4.78, 5) is 11.0. The molecule has 0 aliphatic heterocycles. The van der Waals surface area contributed by atoms with Gasteiger partial charge < -0.3 is 10.0 Å². The minimum atomic E-state index is -0.0192. The van der Waals surface area contributed by atoms with Crippen LogP contribution >= 0.6 is 0 Å². The molecule has 1 aliphatic carbocycles. The number of rotatable bonds is 4. The van der Waals surface area contributed by atoms with Crippen LogP contribution in [0.2, 0.25) is 0 Å². The third-order valence-electron chi connectivity index (χ3n) is 3.53. The molecule has 1 heterocycles. The molecular weight excluding hydrogens is 214 g/mol. The monoisotopic (exact) mass is 235 g/mol. The summed E-state index contributed by atoms with van der Waals surface area (Å²) in [6.07, 6.45) is 5.61. The van der Waals surface area contributed by atoms with Gasteiger partial charge in [0.15, 0.2) is 0 Å². The second-order valence-corrected chi connectivity index (χ2v) is 5.07. The van der Waals surface area contributed by atoms with Crippen LogP contribution in [0.4, 0.5) is 5.69 Å². The van der Waals surface area contributed by atoms with Crippen LogP contribution in [-0.4, -0.2) is 28.2 Å². The molecular formula is C13H21N3O. The van der Waals surface area contributed by atoms with Crippen molar-refractivity contribution in [3.63, 3.8) is 0 Å². The maximum Gasteiger partial charge on any atom is 0.131 e. The summed E-state index contributed by atoms with van der Waals surface area (Å²) in [5.74, 6) is 1.10. The summed E-state index contributed by atoms with van der Waals surface area (Å²) in [7, 11) is 2.07. The van der Waals surface area contributed by atoms with Gasteiger partial charge in [0, 0.05) is 19.0 Å². The quantitative estimate of drug-likeness (QED) is 0.868. The van der Waals surface area contributed by atoms with E-state index in [1.807, 2.05) is 6.20 Å². The minimum Gasteiger partial charge on any atom is -0.390 e. The highest BCUT2D eigenvalue weighted by Crippen LogP contribution is 2.29. The lowest BCUT2D eigenvalue weighted by molar-refractivity contribution is 0.275. The van der Waals surface area contributed by atoms with Gasteiger partial charge in [-0.2, -0.15) is 0 Å². The maximum atomic E-state index is 9.43. The Hall–Kier alpha value is -1.16. The topological polar surface area (TPSA) is 49.2 Å². The van der Waals surface area contributed by atoms with Gasteiger partial charge in [-0.15, -0.1) is 0 Å². The second-order valence-electron chi connectivity index (χ2n) is 5.07. The van der Waals surface area contributed by atoms with Crippen molar-refractivity contribution in [2.24, 2.45) is 0 Å². The van der Waals surface area contributed by atoms with Gasteiger partial charge in [-0.25, -0.2) is 9.97 Å². The minimum absolute atomic E-state index is 0.0192. The van der Waals surface area contributed by atoms with E-state index in [1.165, 1.54) is 19.3 Å². The molecule has 1 saturated carbocycles. The van der Waals surface area contributed by atoms with Crippen LogP contribution in [0.3, 0.4) is 0 Å². The zero-order valence-electron chi connectivity index (χ0n) is 10.8. The van der Waals surface area contributed by atoms with E-state index in [2.05, 4.69) is 35.8 Å². The molecule has 0 aromatic carbocycles. The fraction of sp³-hybridized carbons (Fsp3) is 0.692. The molecule has 1 N–H and O–H groups in total. The summed E-state index contributed by atoms with van der Waals surface area (Å²) < 4.78 is 0. The van der Waals surface area contributed by atoms with E-state index in [-0.39, 0.29) is 6.61 Å². The standard InChI is InChI=1S/C13H21N3O/c1-9(2)13-14-7-12(11(8-17)15-13)16(3)10-5-4-6-10/h7,9-10,17H,4-6,8H2,1-3H3. The van der Waals surface area contributed by atoms with Gasteiger partial charge in [0.05, 0.1) is 24.2 Å². The fourth-order valence-electron chi connectivity index (χ4n) is 2.09. The normalized spacial score (nSPS) is 16.1. The van der Waals surface area contributed by atoms with Crippen LogP contribution in [0.5, 0.6) is 0 Å². The lowest BCUT2D eigenvalue weighted by Gasteiger charge is -2.36. The molecule has 2 rings (SSSR count). The van der Waals surface area contributed by atoms with E-state index < -0.39 is 0 Å². The van der Waals surface area contributed by atoms with Gasteiger partial charge in [-0.1, -0.05) is 13.8 Å². The van der Waals surface area contributed by atoms with Crippen LogP contribution in [0, 0.1) is 0 Å². The molecule has 94 valence electrons. The second kappa shape index (κ2) is 5.00. The Bertz CT molecular complexity index is 388. The molecule has 0 amide bonds. The van der Waals surface area contributed by atoms with Crippen LogP contribution in [-0.2, 0) is 6.61 Å². The first-order chi connectivity index (χ1) is 8.13. The molecule has 0 radical (unpaired) electrons. The molecule has 17 heavy (non-hydrogen) atoms. The average Bonchev–Trinajstić information content (AvgIpc) is 2.25. The van der Waals surface area contributed by atoms with E-state index in [1.54, 1.807) is 0 Å². The van der Waals surface area contributed by atoms with Gasteiger partial charge in [0.25, 0.3) is 0 Å². The van der Waals surface area contributed by atoms with E-state index in [9.17, 15) is 5.11 Å². The molecule has 0 unspecified atom stereocenters. The van der Waals surface area contributed by atoms with Gasteiger partial charge in [-0.05, 0) is 19.3 Å². The molecule has 0 saturated heterocycles. The first kappa shape index (κ1) is 12.3. The van der Waals surface area contributed by atoms with Crippen LogP contribution in [0.25, 0.3) is 0 Å². The van der Waals surface area contributed by atoms with Crippen LogP contribution in [0.15, 0.2) is 6.20 Å². The van der Waals surface area contributed by atoms with Gasteiger partial charge >= 0.3 is 0 Å². The first-order valence-electron chi connectivity index (χ1n) is 6.33. The summed E-state index contributed by atoms with van der Waals surface area (Å²) in [6, 6.07) is 0.591. The van der Waals surface area contributed by atoms with Crippen molar-refractivity contribution in [2.45, 2.75) is 51.7 Å². The smallest absolute Gasteiger partial charge is 0.131 e. The molecule has 1 aromatic rings. The Morgan fingerprint density at radius 3 is 2.65 bits per heavy atom. The number of hydrogen-bond acceptors (Lipinski definition) is 4. The average molecular weight is 235 g/mol. The molecule has 4 nitrogen and oxygen atoms in total. The molecule has 4 heteroatoms. The Labute approximate surface area is 103 Å². The van der Waals surface area contributed by atoms with Crippen molar-refractivity contribution >= 4 is 5.69 Å². The molecule has 0 spiro atoms. The van der Waals surface area contributed by atoms with Crippen LogP contribution < -0.4 is 4.90 Å². The number of hydrogen-bond donors (Lipinski definition) is 1. The van der Waals surface area contributed by atoms with Crippen molar-refractivity contribution in [2.75, 3.05) is 11.9 Å². The number of aliphatic hydroxyl groups is 1. The predicted molar refractivity (Wildman–Crippen MR) is 68.1 cm³/mol. The Balaban J connectivity index is 2.26. The number of aromatic nitrogens is 2. The van der Waals surface area contributed by atoms with Gasteiger partial charge in [-0.3, -0.25) is 0 Å². The lowest BCUT2D eigenvalue weighted by Crippen LogP contribution is -2.38. The van der Waals surface area contributed by atoms with E-state index in [0.29, 0.717) is 12.0 Å². The van der Waals surface area contributed by atoms with E-state index in [0.717, 1.165) is 17.2 Å². The van der Waals surface area contributed by atoms with E-state index >= 15 is 0 Å². The Kier molecular flexibility index (Phi) is 3.62. The molecule has 1 aromatic heterocycles. The van der Waals surface area contributed by atoms with E-state index in [4.69, 9.17) is 0 Å². The van der Waals surface area contributed by atoms with Crippen molar-refractivity contribution in [3.8, 4) is 0 Å². The highest BCUT2D eigenvalue weighted by molar-refractivity contribution is 5.49. The summed E-state index contributed by atoms with van der Waals surface area (Å²) in [5, 5.41) is 9.43. The summed E-state index contributed by atoms with van der Waals surface area (Å²) >= 11 is 0. The molecule has 1 fully saturated rings. The Morgan fingerprint density at radius 2 is 2.18 bits per heavy atom. The van der Waals surface area contributed by atoms with Gasteiger partial charge in [0.2, 0.25) is 0 Å². The lowest BCUT2D eigenvalue weighted by atomic mass is 9.91. The van der Waals surface area contributed by atoms with Crippen LogP contribution in [0.1, 0.15) is 50.5 Å². The number of nitrogens with zero attached hydrogens (tertiary/aromatic N) is 3. The third kappa shape index (κ3) is 2.41. The Morgan fingerprint density at radius 1 is 1.47 bits per heavy atom. The zero-order valence-corrected chi connectivity index (χ0v) is 10.8. The molecule has 0 bridgehead atoms. The fourth-order valence-corrected chi connectivity index (χ4v) is 2.09. The molecule has 0 atom stereocenters. The maximum absolute atomic E-state index is 9.43. The van der Waals surface area contributed by atoms with Crippen molar-refractivity contribution in [3.05, 3.63) is 17.7 Å². The van der Waals surface area contributed by atoms with Gasteiger partial charge in [0.1, 0.15) is 5.82 Å². The zero-order chi connectivity index (χ0) is 12.4. The van der Waals surface area contributed by atoms with Crippen molar-refractivity contribution < 1.29 is 5.11 Å².